The lowest BCUT2D eigenvalue weighted by Gasteiger charge is -2.34. The minimum Gasteiger partial charge on any atom is -0.480 e. The van der Waals surface area contributed by atoms with Crippen molar-refractivity contribution in [2.45, 2.75) is 32.0 Å². The SMILES string of the molecule is C[C@H](NC(=O)N1CCCC(C(F)(F)F)C1)C(=O)O. The van der Waals surface area contributed by atoms with Crippen LogP contribution in [0.3, 0.4) is 0 Å². The summed E-state index contributed by atoms with van der Waals surface area (Å²) in [6.45, 7) is 1.05. The maximum absolute atomic E-state index is 12.5. The number of piperidine rings is 1. The molecule has 1 aliphatic heterocycles. The quantitative estimate of drug-likeness (QED) is 0.796. The first-order valence-corrected chi connectivity index (χ1v) is 5.56. The fourth-order valence-electron chi connectivity index (χ4n) is 1.77. The van der Waals surface area contributed by atoms with Crippen LogP contribution in [0.25, 0.3) is 0 Å². The second kappa shape index (κ2) is 5.45. The molecular formula is C10H15F3N2O3. The van der Waals surface area contributed by atoms with Gasteiger partial charge in [-0.25, -0.2) is 4.79 Å². The van der Waals surface area contributed by atoms with E-state index in [1.807, 2.05) is 0 Å². The molecule has 0 aromatic carbocycles. The smallest absolute Gasteiger partial charge is 0.393 e. The highest BCUT2D eigenvalue weighted by atomic mass is 19.4. The molecule has 2 N–H and O–H groups in total. The van der Waals surface area contributed by atoms with Crippen molar-refractivity contribution in [2.24, 2.45) is 5.92 Å². The van der Waals surface area contributed by atoms with E-state index >= 15 is 0 Å². The Kier molecular flexibility index (Phi) is 4.42. The van der Waals surface area contributed by atoms with Crippen LogP contribution in [-0.4, -0.2) is 47.3 Å². The standard InChI is InChI=1S/C10H15F3N2O3/c1-6(8(16)17)14-9(18)15-4-2-3-7(5-15)10(11,12)13/h6-7H,2-5H2,1H3,(H,14,18)(H,16,17)/t6-,7?/m0/s1. The molecule has 1 aliphatic rings. The van der Waals surface area contributed by atoms with Crippen LogP contribution in [0.1, 0.15) is 19.8 Å². The monoisotopic (exact) mass is 268 g/mol. The van der Waals surface area contributed by atoms with Gasteiger partial charge in [-0.1, -0.05) is 0 Å². The molecule has 18 heavy (non-hydrogen) atoms. The zero-order valence-corrected chi connectivity index (χ0v) is 9.83. The maximum Gasteiger partial charge on any atom is 0.393 e. The molecule has 2 atom stereocenters. The van der Waals surface area contributed by atoms with Gasteiger partial charge in [-0.05, 0) is 19.8 Å². The normalized spacial score (nSPS) is 22.4. The fourth-order valence-corrected chi connectivity index (χ4v) is 1.77. The van der Waals surface area contributed by atoms with Crippen molar-refractivity contribution in [1.82, 2.24) is 10.2 Å². The number of nitrogens with zero attached hydrogens (tertiary/aromatic N) is 1. The first-order valence-electron chi connectivity index (χ1n) is 5.56. The van der Waals surface area contributed by atoms with Crippen molar-refractivity contribution in [1.29, 1.82) is 0 Å². The number of carbonyl (C=O) groups is 2. The molecule has 0 saturated carbocycles. The molecule has 1 heterocycles. The van der Waals surface area contributed by atoms with Gasteiger partial charge in [0.15, 0.2) is 0 Å². The van der Waals surface area contributed by atoms with Crippen LogP contribution in [0, 0.1) is 5.92 Å². The van der Waals surface area contributed by atoms with Crippen molar-refractivity contribution in [3.63, 3.8) is 0 Å². The van der Waals surface area contributed by atoms with E-state index in [4.69, 9.17) is 5.11 Å². The summed E-state index contributed by atoms with van der Waals surface area (Å²) in [4.78, 5) is 23.1. The third-order valence-electron chi connectivity index (χ3n) is 2.88. The van der Waals surface area contributed by atoms with Crippen LogP contribution in [0.15, 0.2) is 0 Å². The van der Waals surface area contributed by atoms with E-state index in [9.17, 15) is 22.8 Å². The van der Waals surface area contributed by atoms with Crippen molar-refractivity contribution >= 4 is 12.0 Å². The molecule has 0 aliphatic carbocycles. The van der Waals surface area contributed by atoms with Gasteiger partial charge < -0.3 is 15.3 Å². The largest absolute Gasteiger partial charge is 0.480 e. The Balaban J connectivity index is 2.56. The average molecular weight is 268 g/mol. The van der Waals surface area contributed by atoms with Gasteiger partial charge in [0.05, 0.1) is 5.92 Å². The molecule has 0 aromatic heterocycles. The summed E-state index contributed by atoms with van der Waals surface area (Å²) in [5.41, 5.74) is 0. The Morgan fingerprint density at radius 2 is 2.06 bits per heavy atom. The van der Waals surface area contributed by atoms with Crippen molar-refractivity contribution in [3.05, 3.63) is 0 Å². The molecule has 104 valence electrons. The molecule has 1 fully saturated rings. The zero-order chi connectivity index (χ0) is 13.9. The van der Waals surface area contributed by atoms with Gasteiger partial charge in [0, 0.05) is 13.1 Å². The van der Waals surface area contributed by atoms with E-state index in [-0.39, 0.29) is 19.4 Å². The number of nitrogens with one attached hydrogen (secondary N) is 1. The minimum absolute atomic E-state index is 0.00175. The lowest BCUT2D eigenvalue weighted by atomic mass is 9.98. The molecule has 0 radical (unpaired) electrons. The predicted molar refractivity (Wildman–Crippen MR) is 56.0 cm³/mol. The first kappa shape index (κ1) is 14.6. The number of aliphatic carboxylic acids is 1. The molecule has 1 saturated heterocycles. The average Bonchev–Trinajstić information content (AvgIpc) is 2.27. The number of carbonyl (C=O) groups excluding carboxylic acids is 1. The Hall–Kier alpha value is -1.47. The molecule has 1 rings (SSSR count). The minimum atomic E-state index is -4.32. The summed E-state index contributed by atoms with van der Waals surface area (Å²) in [6, 6.07) is -1.89. The lowest BCUT2D eigenvalue weighted by molar-refractivity contribution is -0.184. The number of amides is 2. The zero-order valence-electron chi connectivity index (χ0n) is 9.83. The Labute approximate surface area is 102 Å². The van der Waals surface area contributed by atoms with Gasteiger partial charge >= 0.3 is 18.2 Å². The number of alkyl halides is 3. The van der Waals surface area contributed by atoms with E-state index in [0.29, 0.717) is 0 Å². The third kappa shape index (κ3) is 3.78. The molecular weight excluding hydrogens is 253 g/mol. The van der Waals surface area contributed by atoms with Gasteiger partial charge in [-0.2, -0.15) is 13.2 Å². The second-order valence-electron chi connectivity index (χ2n) is 4.34. The number of hydrogen-bond acceptors (Lipinski definition) is 2. The number of rotatable bonds is 2. The predicted octanol–water partition coefficient (Wildman–Crippen LogP) is 1.44. The first-order chi connectivity index (χ1) is 8.21. The number of carboxylic acid groups (broad SMARTS) is 1. The van der Waals surface area contributed by atoms with Crippen LogP contribution in [-0.2, 0) is 4.79 Å². The number of likely N-dealkylation sites (tertiary alicyclic amines) is 1. The molecule has 2 amide bonds. The molecule has 1 unspecified atom stereocenters. The summed E-state index contributed by atoms with van der Waals surface area (Å²) in [5.74, 6) is -2.76. The number of urea groups is 1. The van der Waals surface area contributed by atoms with Crippen LogP contribution in [0.2, 0.25) is 0 Å². The van der Waals surface area contributed by atoms with Crippen LogP contribution < -0.4 is 5.32 Å². The van der Waals surface area contributed by atoms with Crippen molar-refractivity contribution in [2.75, 3.05) is 13.1 Å². The second-order valence-corrected chi connectivity index (χ2v) is 4.34. The number of halogens is 3. The molecule has 5 nitrogen and oxygen atoms in total. The van der Waals surface area contributed by atoms with Gasteiger partial charge in [0.2, 0.25) is 0 Å². The Morgan fingerprint density at radius 3 is 2.56 bits per heavy atom. The van der Waals surface area contributed by atoms with Gasteiger partial charge in [-0.15, -0.1) is 0 Å². The van der Waals surface area contributed by atoms with E-state index in [2.05, 4.69) is 5.32 Å². The molecule has 0 aromatic rings. The highest BCUT2D eigenvalue weighted by Crippen LogP contribution is 2.33. The molecule has 0 spiro atoms. The van der Waals surface area contributed by atoms with Gasteiger partial charge in [0.1, 0.15) is 6.04 Å². The maximum atomic E-state index is 12.5. The van der Waals surface area contributed by atoms with Crippen molar-refractivity contribution < 1.29 is 27.9 Å². The summed E-state index contributed by atoms with van der Waals surface area (Å²) < 4.78 is 37.5. The lowest BCUT2D eigenvalue weighted by Crippen LogP contribution is -2.51. The highest BCUT2D eigenvalue weighted by molar-refractivity contribution is 5.82. The van der Waals surface area contributed by atoms with Gasteiger partial charge in [0.25, 0.3) is 0 Å². The highest BCUT2D eigenvalue weighted by Gasteiger charge is 2.42. The Bertz CT molecular complexity index is 333. The van der Waals surface area contributed by atoms with E-state index in [0.717, 1.165) is 4.90 Å². The van der Waals surface area contributed by atoms with E-state index in [1.54, 1.807) is 0 Å². The molecule has 0 bridgehead atoms. The van der Waals surface area contributed by atoms with Crippen molar-refractivity contribution in [3.8, 4) is 0 Å². The third-order valence-corrected chi connectivity index (χ3v) is 2.88. The summed E-state index contributed by atoms with van der Waals surface area (Å²) in [6.07, 6.45) is -4.06. The van der Waals surface area contributed by atoms with E-state index < -0.39 is 36.7 Å². The summed E-state index contributed by atoms with van der Waals surface area (Å²) in [7, 11) is 0. The summed E-state index contributed by atoms with van der Waals surface area (Å²) >= 11 is 0. The number of carboxylic acids is 1. The van der Waals surface area contributed by atoms with Crippen LogP contribution in [0.5, 0.6) is 0 Å². The van der Waals surface area contributed by atoms with Gasteiger partial charge in [-0.3, -0.25) is 4.79 Å². The van der Waals surface area contributed by atoms with Crippen LogP contribution in [0.4, 0.5) is 18.0 Å². The molecule has 8 heteroatoms. The fraction of sp³-hybridized carbons (Fsp3) is 0.800. The Morgan fingerprint density at radius 1 is 1.44 bits per heavy atom. The van der Waals surface area contributed by atoms with Crippen LogP contribution >= 0.6 is 0 Å². The summed E-state index contributed by atoms with van der Waals surface area (Å²) in [5, 5.41) is 10.7. The van der Waals surface area contributed by atoms with E-state index in [1.165, 1.54) is 6.92 Å². The number of hydrogen-bond donors (Lipinski definition) is 2. The topological polar surface area (TPSA) is 69.6 Å².